The predicted octanol–water partition coefficient (Wildman–Crippen LogP) is 1.50. The lowest BCUT2D eigenvalue weighted by molar-refractivity contribution is -0.174. The van der Waals surface area contributed by atoms with E-state index in [4.69, 9.17) is 0 Å². The second-order valence-corrected chi connectivity index (χ2v) is 6.64. The molecule has 1 aromatic rings. The van der Waals surface area contributed by atoms with Gasteiger partial charge in [0.1, 0.15) is 5.69 Å². The molecule has 3 rings (SSSR count). The summed E-state index contributed by atoms with van der Waals surface area (Å²) in [5.41, 5.74) is 1.03. The Kier molecular flexibility index (Phi) is 2.94. The fraction of sp³-hybridized carbons (Fsp3) is 0.733. The molecule has 0 aromatic carbocycles. The van der Waals surface area contributed by atoms with Crippen molar-refractivity contribution in [1.82, 2.24) is 14.7 Å². The van der Waals surface area contributed by atoms with Gasteiger partial charge in [0.25, 0.3) is 5.91 Å². The van der Waals surface area contributed by atoms with Crippen LogP contribution in [0.1, 0.15) is 48.8 Å². The molecule has 1 N–H and O–H groups in total. The van der Waals surface area contributed by atoms with Crippen molar-refractivity contribution in [2.24, 2.45) is 12.5 Å². The molecule has 1 unspecified atom stereocenters. The maximum atomic E-state index is 12.5. The van der Waals surface area contributed by atoms with Gasteiger partial charge in [0.15, 0.2) is 0 Å². The molecule has 0 bridgehead atoms. The molecule has 1 aliphatic carbocycles. The fourth-order valence-electron chi connectivity index (χ4n) is 3.74. The van der Waals surface area contributed by atoms with E-state index in [-0.39, 0.29) is 11.3 Å². The summed E-state index contributed by atoms with van der Waals surface area (Å²) in [7, 11) is 1.81. The Morgan fingerprint density at radius 3 is 2.35 bits per heavy atom. The highest BCUT2D eigenvalue weighted by molar-refractivity contribution is 5.92. The van der Waals surface area contributed by atoms with Gasteiger partial charge in [-0.3, -0.25) is 9.48 Å². The fourth-order valence-corrected chi connectivity index (χ4v) is 3.74. The second-order valence-electron chi connectivity index (χ2n) is 6.64. The van der Waals surface area contributed by atoms with E-state index in [0.717, 1.165) is 44.5 Å². The summed E-state index contributed by atoms with van der Waals surface area (Å²) in [5, 5.41) is 14.6. The maximum absolute atomic E-state index is 12.5. The van der Waals surface area contributed by atoms with Crippen LogP contribution in [-0.2, 0) is 7.05 Å². The Labute approximate surface area is 119 Å². The summed E-state index contributed by atoms with van der Waals surface area (Å²) in [6.45, 7) is 5.31. The summed E-state index contributed by atoms with van der Waals surface area (Å²) < 4.78 is 1.65. The Morgan fingerprint density at radius 2 is 1.95 bits per heavy atom. The van der Waals surface area contributed by atoms with Gasteiger partial charge in [0.05, 0.1) is 11.3 Å². The standard InChI is InChI=1S/C15H23N3O2/c1-11-10-12(17(3)16-11)13(19)18-8-6-15(7-9-18)5-4-14(15,2)20/h10,20H,4-9H2,1-3H3. The van der Waals surface area contributed by atoms with Gasteiger partial charge in [-0.2, -0.15) is 5.10 Å². The topological polar surface area (TPSA) is 58.4 Å². The van der Waals surface area contributed by atoms with Crippen LogP contribution >= 0.6 is 0 Å². The van der Waals surface area contributed by atoms with Crippen LogP contribution in [0.15, 0.2) is 6.07 Å². The van der Waals surface area contributed by atoms with Gasteiger partial charge >= 0.3 is 0 Å². The summed E-state index contributed by atoms with van der Waals surface area (Å²) in [6.07, 6.45) is 3.79. The first-order valence-electron chi connectivity index (χ1n) is 7.37. The van der Waals surface area contributed by atoms with E-state index >= 15 is 0 Å². The van der Waals surface area contributed by atoms with Crippen molar-refractivity contribution in [2.75, 3.05) is 13.1 Å². The summed E-state index contributed by atoms with van der Waals surface area (Å²) >= 11 is 0. The number of rotatable bonds is 1. The van der Waals surface area contributed by atoms with Crippen molar-refractivity contribution < 1.29 is 9.90 Å². The third-order valence-corrected chi connectivity index (χ3v) is 5.46. The van der Waals surface area contributed by atoms with Crippen molar-refractivity contribution in [3.05, 3.63) is 17.5 Å². The monoisotopic (exact) mass is 277 g/mol. The van der Waals surface area contributed by atoms with E-state index in [1.54, 1.807) is 4.68 Å². The van der Waals surface area contributed by atoms with Crippen LogP contribution in [0.4, 0.5) is 0 Å². The smallest absolute Gasteiger partial charge is 0.272 e. The molecule has 1 aromatic heterocycles. The van der Waals surface area contributed by atoms with E-state index in [2.05, 4.69) is 5.10 Å². The lowest BCUT2D eigenvalue weighted by Crippen LogP contribution is -2.60. The van der Waals surface area contributed by atoms with E-state index in [1.807, 2.05) is 31.9 Å². The summed E-state index contributed by atoms with van der Waals surface area (Å²) in [5.74, 6) is 0.0573. The van der Waals surface area contributed by atoms with E-state index < -0.39 is 5.60 Å². The number of nitrogens with zero attached hydrogens (tertiary/aromatic N) is 3. The highest BCUT2D eigenvalue weighted by Crippen LogP contribution is 2.56. The lowest BCUT2D eigenvalue weighted by atomic mass is 9.53. The second kappa shape index (κ2) is 4.32. The molecule has 20 heavy (non-hydrogen) atoms. The maximum Gasteiger partial charge on any atom is 0.272 e. The van der Waals surface area contributed by atoms with Gasteiger partial charge in [-0.15, -0.1) is 0 Å². The molecule has 0 radical (unpaired) electrons. The lowest BCUT2D eigenvalue weighted by Gasteiger charge is -2.58. The Hall–Kier alpha value is -1.36. The molecule has 1 saturated carbocycles. The van der Waals surface area contributed by atoms with Crippen LogP contribution < -0.4 is 0 Å². The highest BCUT2D eigenvalue weighted by atomic mass is 16.3. The SMILES string of the molecule is Cc1cc(C(=O)N2CCC3(CC2)CCC3(C)O)n(C)n1. The van der Waals surface area contributed by atoms with Gasteiger partial charge in [0, 0.05) is 25.6 Å². The minimum Gasteiger partial charge on any atom is -0.390 e. The number of piperidine rings is 1. The molecule has 1 spiro atoms. The minimum atomic E-state index is -0.536. The van der Waals surface area contributed by atoms with Crippen molar-refractivity contribution >= 4 is 5.91 Å². The van der Waals surface area contributed by atoms with Crippen molar-refractivity contribution in [3.63, 3.8) is 0 Å². The minimum absolute atomic E-state index is 0.0478. The molecule has 5 nitrogen and oxygen atoms in total. The largest absolute Gasteiger partial charge is 0.390 e. The molecule has 1 atom stereocenters. The normalized spacial score (nSPS) is 28.5. The number of carbonyl (C=O) groups excluding carboxylic acids is 1. The van der Waals surface area contributed by atoms with Gasteiger partial charge in [-0.1, -0.05) is 0 Å². The molecule has 2 fully saturated rings. The van der Waals surface area contributed by atoms with Crippen LogP contribution in [-0.4, -0.2) is 44.4 Å². The van der Waals surface area contributed by atoms with Crippen molar-refractivity contribution in [3.8, 4) is 0 Å². The van der Waals surface area contributed by atoms with Crippen LogP contribution in [0.5, 0.6) is 0 Å². The molecule has 110 valence electrons. The molecular weight excluding hydrogens is 254 g/mol. The number of hydrogen-bond donors (Lipinski definition) is 1. The number of aryl methyl sites for hydroxylation is 2. The highest BCUT2D eigenvalue weighted by Gasteiger charge is 2.55. The molecule has 5 heteroatoms. The average Bonchev–Trinajstić information content (AvgIpc) is 2.76. The first-order valence-corrected chi connectivity index (χ1v) is 7.37. The first-order chi connectivity index (χ1) is 9.35. The van der Waals surface area contributed by atoms with Crippen molar-refractivity contribution in [1.29, 1.82) is 0 Å². The predicted molar refractivity (Wildman–Crippen MR) is 75.4 cm³/mol. The van der Waals surface area contributed by atoms with Gasteiger partial charge < -0.3 is 10.0 Å². The molecule has 1 aliphatic heterocycles. The average molecular weight is 277 g/mol. The molecular formula is C15H23N3O2. The zero-order valence-corrected chi connectivity index (χ0v) is 12.5. The zero-order chi connectivity index (χ0) is 14.5. The zero-order valence-electron chi connectivity index (χ0n) is 12.5. The van der Waals surface area contributed by atoms with Crippen LogP contribution in [0.3, 0.4) is 0 Å². The number of aromatic nitrogens is 2. The molecule has 1 saturated heterocycles. The van der Waals surface area contributed by atoms with Crippen LogP contribution in [0.25, 0.3) is 0 Å². The van der Waals surface area contributed by atoms with E-state index in [9.17, 15) is 9.90 Å². The van der Waals surface area contributed by atoms with Crippen LogP contribution in [0.2, 0.25) is 0 Å². The number of carbonyl (C=O) groups is 1. The molecule has 2 heterocycles. The summed E-state index contributed by atoms with van der Waals surface area (Å²) in [4.78, 5) is 14.4. The summed E-state index contributed by atoms with van der Waals surface area (Å²) in [6, 6.07) is 1.84. The molecule has 1 amide bonds. The Balaban J connectivity index is 1.70. The Morgan fingerprint density at radius 1 is 1.30 bits per heavy atom. The number of likely N-dealkylation sites (tertiary alicyclic amines) is 1. The van der Waals surface area contributed by atoms with Gasteiger partial charge in [-0.05, 0) is 45.6 Å². The number of amides is 1. The van der Waals surface area contributed by atoms with Gasteiger partial charge in [0.2, 0.25) is 0 Å². The Bertz CT molecular complexity index is 539. The van der Waals surface area contributed by atoms with Crippen LogP contribution in [0, 0.1) is 12.3 Å². The number of hydrogen-bond acceptors (Lipinski definition) is 3. The third kappa shape index (κ3) is 1.87. The van der Waals surface area contributed by atoms with E-state index in [0.29, 0.717) is 5.69 Å². The van der Waals surface area contributed by atoms with Crippen molar-refractivity contribution in [2.45, 2.75) is 45.1 Å². The number of aliphatic hydroxyl groups is 1. The first kappa shape index (κ1) is 13.6. The third-order valence-electron chi connectivity index (χ3n) is 5.46. The van der Waals surface area contributed by atoms with Gasteiger partial charge in [-0.25, -0.2) is 0 Å². The molecule has 2 aliphatic rings. The quantitative estimate of drug-likeness (QED) is 0.846. The van der Waals surface area contributed by atoms with E-state index in [1.165, 1.54) is 0 Å².